The van der Waals surface area contributed by atoms with Gasteiger partial charge in [0.05, 0.1) is 36.2 Å². The third-order valence-corrected chi connectivity index (χ3v) is 9.05. The number of benzene rings is 1. The van der Waals surface area contributed by atoms with E-state index < -0.39 is 28.8 Å². The smallest absolute Gasteiger partial charge is 0.333 e. The lowest BCUT2D eigenvalue weighted by Crippen LogP contribution is -2.54. The third kappa shape index (κ3) is 4.88. The van der Waals surface area contributed by atoms with E-state index >= 15 is 0 Å². The number of ether oxygens (including phenoxy) is 2. The summed E-state index contributed by atoms with van der Waals surface area (Å²) in [5.41, 5.74) is 4.29. The molecule has 40 heavy (non-hydrogen) atoms. The van der Waals surface area contributed by atoms with Crippen LogP contribution in [0.15, 0.2) is 50.7 Å². The number of hydrogen-bond donors (Lipinski definition) is 1. The molecule has 212 valence electrons. The fourth-order valence-electron chi connectivity index (χ4n) is 5.40. The van der Waals surface area contributed by atoms with Gasteiger partial charge in [0, 0.05) is 5.56 Å². The van der Waals surface area contributed by atoms with Crippen LogP contribution in [0.3, 0.4) is 0 Å². The van der Waals surface area contributed by atoms with E-state index in [2.05, 4.69) is 4.98 Å². The molecular weight excluding hydrogens is 532 g/mol. The summed E-state index contributed by atoms with van der Waals surface area (Å²) in [6, 6.07) is 7.57. The lowest BCUT2D eigenvalue weighted by molar-refractivity contribution is -0.125. The molecule has 0 saturated heterocycles. The van der Waals surface area contributed by atoms with Crippen molar-refractivity contribution in [1.82, 2.24) is 14.1 Å². The number of oxazole rings is 1. The minimum atomic E-state index is -1.58. The molecule has 0 bridgehead atoms. The zero-order chi connectivity index (χ0) is 28.6. The Morgan fingerprint density at radius 1 is 1.23 bits per heavy atom. The Kier molecular flexibility index (Phi) is 7.70. The van der Waals surface area contributed by atoms with Crippen LogP contribution in [0.1, 0.15) is 63.2 Å². The van der Waals surface area contributed by atoms with Crippen molar-refractivity contribution in [2.45, 2.75) is 77.2 Å². The standard InChI is InChI=1S/C29H34N4O6S/c1-17-22-25(34)33(29(2,3)27(30)35)28(36)32(26(22)40-23(17)24-31-14-15-38-24)16-21(39-18-10-6-5-7-11-18)19-12-8-9-13-20(19)37-4/h8-9,12-15,18,21H,5-7,10-11,16H2,1-4H3,(H2,30,35)/t21-/m0/s1. The number of aryl methyl sites for hydroxylation is 1. The maximum Gasteiger partial charge on any atom is 0.333 e. The molecule has 1 aromatic carbocycles. The second-order valence-corrected chi connectivity index (χ2v) is 11.7. The van der Waals surface area contributed by atoms with Crippen LogP contribution in [0, 0.1) is 6.92 Å². The number of thiophene rings is 1. The molecule has 0 aliphatic heterocycles. The Morgan fingerprint density at radius 2 is 1.95 bits per heavy atom. The molecule has 0 unspecified atom stereocenters. The Morgan fingerprint density at radius 3 is 2.60 bits per heavy atom. The van der Waals surface area contributed by atoms with Gasteiger partial charge < -0.3 is 19.6 Å². The van der Waals surface area contributed by atoms with Crippen molar-refractivity contribution in [3.05, 3.63) is 68.7 Å². The van der Waals surface area contributed by atoms with Crippen molar-refractivity contribution in [2.24, 2.45) is 5.73 Å². The highest BCUT2D eigenvalue weighted by Crippen LogP contribution is 2.38. The molecular formula is C29H34N4O6S. The first kappa shape index (κ1) is 27.9. The molecule has 1 amide bonds. The number of nitrogens with two attached hydrogens (primary N) is 1. The maximum atomic E-state index is 14.2. The van der Waals surface area contributed by atoms with Gasteiger partial charge in [-0.2, -0.15) is 0 Å². The number of fused-ring (bicyclic) bond motifs is 1. The number of nitrogens with zero attached hydrogens (tertiary/aromatic N) is 3. The van der Waals surface area contributed by atoms with Gasteiger partial charge in [-0.15, -0.1) is 11.3 Å². The van der Waals surface area contributed by atoms with Gasteiger partial charge in [0.15, 0.2) is 0 Å². The number of amides is 1. The molecule has 4 aromatic rings. The number of carbonyl (C=O) groups excluding carboxylic acids is 1. The van der Waals surface area contributed by atoms with Gasteiger partial charge in [-0.25, -0.2) is 14.3 Å². The monoisotopic (exact) mass is 566 g/mol. The van der Waals surface area contributed by atoms with E-state index in [4.69, 9.17) is 19.6 Å². The van der Waals surface area contributed by atoms with Crippen molar-refractivity contribution >= 4 is 27.5 Å². The highest BCUT2D eigenvalue weighted by molar-refractivity contribution is 7.22. The lowest BCUT2D eigenvalue weighted by atomic mass is 9.97. The third-order valence-electron chi connectivity index (χ3n) is 7.74. The van der Waals surface area contributed by atoms with Crippen molar-refractivity contribution < 1.29 is 18.7 Å². The first-order chi connectivity index (χ1) is 19.1. The molecule has 0 spiro atoms. The number of aromatic nitrogens is 3. The number of carbonyl (C=O) groups is 1. The fourth-order valence-corrected chi connectivity index (χ4v) is 6.64. The summed E-state index contributed by atoms with van der Waals surface area (Å²) >= 11 is 1.25. The van der Waals surface area contributed by atoms with Gasteiger partial charge in [0.25, 0.3) is 5.56 Å². The molecule has 3 heterocycles. The number of hydrogen-bond acceptors (Lipinski definition) is 8. The van der Waals surface area contributed by atoms with Gasteiger partial charge in [0.2, 0.25) is 11.8 Å². The van der Waals surface area contributed by atoms with Gasteiger partial charge in [-0.05, 0) is 45.2 Å². The Hall–Kier alpha value is -3.70. The molecule has 1 fully saturated rings. The summed E-state index contributed by atoms with van der Waals surface area (Å²) in [6.45, 7) is 4.82. The van der Waals surface area contributed by atoms with Crippen LogP contribution in [0.4, 0.5) is 0 Å². The maximum absolute atomic E-state index is 14.2. The van der Waals surface area contributed by atoms with Crippen LogP contribution in [0.5, 0.6) is 5.75 Å². The average molecular weight is 567 g/mol. The van der Waals surface area contributed by atoms with E-state index in [0.29, 0.717) is 32.3 Å². The predicted octanol–water partition coefficient (Wildman–Crippen LogP) is 4.51. The number of methoxy groups -OCH3 is 1. The van der Waals surface area contributed by atoms with E-state index in [1.165, 1.54) is 48.6 Å². The van der Waals surface area contributed by atoms with Gasteiger partial charge in [-0.1, -0.05) is 37.5 Å². The van der Waals surface area contributed by atoms with Crippen LogP contribution in [-0.4, -0.2) is 33.2 Å². The van der Waals surface area contributed by atoms with Crippen LogP contribution < -0.4 is 21.7 Å². The second kappa shape index (κ2) is 11.1. The number of para-hydroxylation sites is 1. The fraction of sp³-hybridized carbons (Fsp3) is 0.448. The van der Waals surface area contributed by atoms with Crippen LogP contribution in [0.25, 0.3) is 21.0 Å². The van der Waals surface area contributed by atoms with Gasteiger partial charge in [-0.3, -0.25) is 14.2 Å². The first-order valence-electron chi connectivity index (χ1n) is 13.4. The Balaban J connectivity index is 1.76. The number of rotatable bonds is 9. The molecule has 10 nitrogen and oxygen atoms in total. The predicted molar refractivity (Wildman–Crippen MR) is 153 cm³/mol. The van der Waals surface area contributed by atoms with E-state index in [-0.39, 0.29) is 12.6 Å². The second-order valence-electron chi connectivity index (χ2n) is 10.7. The first-order valence-corrected chi connectivity index (χ1v) is 14.2. The topological polar surface area (TPSA) is 132 Å². The van der Waals surface area contributed by atoms with Gasteiger partial charge in [0.1, 0.15) is 28.5 Å². The molecule has 3 aromatic heterocycles. The summed E-state index contributed by atoms with van der Waals surface area (Å²) in [7, 11) is 1.60. The molecule has 1 aliphatic rings. The molecule has 0 radical (unpaired) electrons. The normalized spacial score (nSPS) is 15.4. The zero-order valence-electron chi connectivity index (χ0n) is 23.1. The highest BCUT2D eigenvalue weighted by Gasteiger charge is 2.35. The van der Waals surface area contributed by atoms with E-state index in [1.807, 2.05) is 24.3 Å². The highest BCUT2D eigenvalue weighted by atomic mass is 32.1. The van der Waals surface area contributed by atoms with Crippen molar-refractivity contribution in [1.29, 1.82) is 0 Å². The molecule has 11 heteroatoms. The van der Waals surface area contributed by atoms with Crippen molar-refractivity contribution in [3.8, 4) is 16.5 Å². The summed E-state index contributed by atoms with van der Waals surface area (Å²) in [5.74, 6) is 0.192. The molecule has 5 rings (SSSR count). The molecule has 1 atom stereocenters. The SMILES string of the molecule is COc1ccccc1[C@H](Cn1c(=O)n(C(C)(C)C(N)=O)c(=O)c2c(C)c(-c3ncco3)sc21)OC1CCCCC1. The number of primary amides is 1. The summed E-state index contributed by atoms with van der Waals surface area (Å²) in [4.78, 5) is 45.9. The van der Waals surface area contributed by atoms with E-state index in [0.717, 1.165) is 35.8 Å². The lowest BCUT2D eigenvalue weighted by Gasteiger charge is -2.30. The minimum Gasteiger partial charge on any atom is -0.496 e. The summed E-state index contributed by atoms with van der Waals surface area (Å²) in [5, 5.41) is 0.309. The summed E-state index contributed by atoms with van der Waals surface area (Å²) < 4.78 is 20.4. The van der Waals surface area contributed by atoms with Crippen LogP contribution in [-0.2, 0) is 21.6 Å². The molecule has 1 aliphatic carbocycles. The quantitative estimate of drug-likeness (QED) is 0.315. The average Bonchev–Trinajstić information content (AvgIpc) is 3.59. The van der Waals surface area contributed by atoms with Crippen molar-refractivity contribution in [2.75, 3.05) is 7.11 Å². The Labute approximate surface area is 235 Å². The van der Waals surface area contributed by atoms with Crippen molar-refractivity contribution in [3.63, 3.8) is 0 Å². The van der Waals surface area contributed by atoms with Crippen LogP contribution in [0.2, 0.25) is 0 Å². The largest absolute Gasteiger partial charge is 0.496 e. The zero-order valence-corrected chi connectivity index (χ0v) is 24.0. The van der Waals surface area contributed by atoms with E-state index in [1.54, 1.807) is 14.0 Å². The van der Waals surface area contributed by atoms with Gasteiger partial charge >= 0.3 is 5.69 Å². The van der Waals surface area contributed by atoms with Crippen LogP contribution >= 0.6 is 11.3 Å². The molecule has 2 N–H and O–H groups in total. The van der Waals surface area contributed by atoms with E-state index in [9.17, 15) is 14.4 Å². The minimum absolute atomic E-state index is 0.0239. The molecule has 1 saturated carbocycles. The summed E-state index contributed by atoms with van der Waals surface area (Å²) in [6.07, 6.45) is 7.62. The Bertz CT molecular complexity index is 1640.